The third kappa shape index (κ3) is 4.27. The highest BCUT2D eigenvalue weighted by molar-refractivity contribution is 5.89. The number of carbonyl (C=O) groups is 1. The molecule has 88 valence electrons. The van der Waals surface area contributed by atoms with Crippen molar-refractivity contribution in [1.82, 2.24) is 10.3 Å². The number of nitrogens with one attached hydrogen (secondary N) is 2. The molecule has 1 aromatic heterocycles. The van der Waals surface area contributed by atoms with E-state index in [1.165, 1.54) is 0 Å². The molecule has 1 rings (SSSR count). The van der Waals surface area contributed by atoms with E-state index in [0.717, 1.165) is 11.3 Å². The van der Waals surface area contributed by atoms with Gasteiger partial charge in [0.1, 0.15) is 0 Å². The third-order valence-electron chi connectivity index (χ3n) is 2.00. The molecule has 0 fully saturated rings. The highest BCUT2D eigenvalue weighted by Gasteiger charge is 2.02. The molecule has 1 aromatic rings. The molecule has 0 aliphatic rings. The molecule has 5 heteroatoms. The van der Waals surface area contributed by atoms with Gasteiger partial charge in [-0.05, 0) is 25.5 Å². The molecule has 2 amide bonds. The molecule has 0 atom stereocenters. The summed E-state index contributed by atoms with van der Waals surface area (Å²) in [6, 6.07) is 1.53. The minimum Gasteiger partial charge on any atom is -0.380 e. The number of aryl methyl sites for hydroxylation is 1. The molecular formula is C11H17N3O2. The van der Waals surface area contributed by atoms with Crippen LogP contribution >= 0.6 is 0 Å². The number of aromatic nitrogens is 1. The van der Waals surface area contributed by atoms with Crippen LogP contribution in [0.5, 0.6) is 0 Å². The predicted octanol–water partition coefficient (Wildman–Crippen LogP) is 1.55. The predicted molar refractivity (Wildman–Crippen MR) is 62.5 cm³/mol. The monoisotopic (exact) mass is 223 g/mol. The van der Waals surface area contributed by atoms with Crippen molar-refractivity contribution in [3.05, 3.63) is 24.0 Å². The van der Waals surface area contributed by atoms with E-state index in [9.17, 15) is 4.79 Å². The first-order valence-electron chi connectivity index (χ1n) is 5.27. The summed E-state index contributed by atoms with van der Waals surface area (Å²) in [5, 5.41) is 5.44. The van der Waals surface area contributed by atoms with Gasteiger partial charge in [-0.2, -0.15) is 0 Å². The van der Waals surface area contributed by atoms with Gasteiger partial charge in [0.25, 0.3) is 0 Å². The Bertz CT molecular complexity index is 342. The molecule has 0 aliphatic heterocycles. The highest BCUT2D eigenvalue weighted by atomic mass is 16.5. The Labute approximate surface area is 95.2 Å². The maximum Gasteiger partial charge on any atom is 0.319 e. The first-order valence-corrected chi connectivity index (χ1v) is 5.27. The van der Waals surface area contributed by atoms with Crippen molar-refractivity contribution in [2.45, 2.75) is 13.8 Å². The Morgan fingerprint density at radius 2 is 2.38 bits per heavy atom. The topological polar surface area (TPSA) is 63.2 Å². The van der Waals surface area contributed by atoms with Gasteiger partial charge >= 0.3 is 6.03 Å². The molecule has 0 saturated carbocycles. The number of anilines is 1. The number of pyridine rings is 1. The van der Waals surface area contributed by atoms with Crippen molar-refractivity contribution in [2.24, 2.45) is 0 Å². The molecule has 0 saturated heterocycles. The fourth-order valence-corrected chi connectivity index (χ4v) is 1.16. The van der Waals surface area contributed by atoms with Gasteiger partial charge in [-0.15, -0.1) is 0 Å². The zero-order valence-electron chi connectivity index (χ0n) is 9.62. The number of hydrogen-bond donors (Lipinski definition) is 2. The zero-order chi connectivity index (χ0) is 11.8. The third-order valence-corrected chi connectivity index (χ3v) is 2.00. The van der Waals surface area contributed by atoms with Gasteiger partial charge in [0.05, 0.1) is 6.61 Å². The number of ether oxygens (including phenoxy) is 1. The number of hydrogen-bond acceptors (Lipinski definition) is 3. The second-order valence-corrected chi connectivity index (χ2v) is 3.27. The molecule has 1 heterocycles. The lowest BCUT2D eigenvalue weighted by molar-refractivity contribution is 0.150. The van der Waals surface area contributed by atoms with Crippen LogP contribution in [0.2, 0.25) is 0 Å². The number of carbonyl (C=O) groups excluding carboxylic acids is 1. The van der Waals surface area contributed by atoms with E-state index in [0.29, 0.717) is 19.8 Å². The Balaban J connectivity index is 2.32. The average Bonchev–Trinajstić information content (AvgIpc) is 2.28. The van der Waals surface area contributed by atoms with Crippen LogP contribution in [0.15, 0.2) is 18.5 Å². The van der Waals surface area contributed by atoms with Gasteiger partial charge < -0.3 is 15.4 Å². The van der Waals surface area contributed by atoms with E-state index < -0.39 is 0 Å². The SMILES string of the molecule is CCOCCNC(=O)Nc1ccncc1C. The first-order chi connectivity index (χ1) is 7.74. The van der Waals surface area contributed by atoms with Crippen LogP contribution in [0.3, 0.4) is 0 Å². The van der Waals surface area contributed by atoms with Crippen LogP contribution < -0.4 is 10.6 Å². The van der Waals surface area contributed by atoms with Crippen molar-refractivity contribution in [2.75, 3.05) is 25.1 Å². The van der Waals surface area contributed by atoms with Crippen molar-refractivity contribution in [3.8, 4) is 0 Å². The zero-order valence-corrected chi connectivity index (χ0v) is 9.62. The maximum atomic E-state index is 11.4. The number of amides is 2. The second-order valence-electron chi connectivity index (χ2n) is 3.27. The summed E-state index contributed by atoms with van der Waals surface area (Å²) < 4.78 is 5.11. The molecule has 0 radical (unpaired) electrons. The van der Waals surface area contributed by atoms with E-state index in [-0.39, 0.29) is 6.03 Å². The molecule has 0 aromatic carbocycles. The summed E-state index contributed by atoms with van der Waals surface area (Å²) in [5.74, 6) is 0. The quantitative estimate of drug-likeness (QED) is 0.744. The summed E-state index contributed by atoms with van der Waals surface area (Å²) in [5.41, 5.74) is 1.70. The van der Waals surface area contributed by atoms with Gasteiger partial charge in [-0.1, -0.05) is 0 Å². The van der Waals surface area contributed by atoms with Gasteiger partial charge in [0, 0.05) is 31.2 Å². The van der Waals surface area contributed by atoms with Crippen molar-refractivity contribution in [1.29, 1.82) is 0 Å². The van der Waals surface area contributed by atoms with Crippen LogP contribution in [0.1, 0.15) is 12.5 Å². The normalized spacial score (nSPS) is 9.88. The lowest BCUT2D eigenvalue weighted by Crippen LogP contribution is -2.31. The van der Waals surface area contributed by atoms with Crippen LogP contribution in [0, 0.1) is 6.92 Å². The summed E-state index contributed by atoms with van der Waals surface area (Å²) in [7, 11) is 0. The Morgan fingerprint density at radius 1 is 1.56 bits per heavy atom. The number of nitrogens with zero attached hydrogens (tertiary/aromatic N) is 1. The highest BCUT2D eigenvalue weighted by Crippen LogP contribution is 2.10. The van der Waals surface area contributed by atoms with E-state index in [1.54, 1.807) is 18.5 Å². The van der Waals surface area contributed by atoms with Gasteiger partial charge in [-0.3, -0.25) is 4.98 Å². The average molecular weight is 223 g/mol. The molecular weight excluding hydrogens is 206 g/mol. The maximum absolute atomic E-state index is 11.4. The fraction of sp³-hybridized carbons (Fsp3) is 0.455. The van der Waals surface area contributed by atoms with Crippen LogP contribution in [0.4, 0.5) is 10.5 Å². The molecule has 0 spiro atoms. The molecule has 0 bridgehead atoms. The van der Waals surface area contributed by atoms with E-state index in [2.05, 4.69) is 15.6 Å². The molecule has 2 N–H and O–H groups in total. The van der Waals surface area contributed by atoms with Crippen LogP contribution in [-0.4, -0.2) is 30.8 Å². The van der Waals surface area contributed by atoms with Crippen molar-refractivity contribution in [3.63, 3.8) is 0 Å². The first kappa shape index (κ1) is 12.4. The molecule has 16 heavy (non-hydrogen) atoms. The van der Waals surface area contributed by atoms with Crippen LogP contribution in [0.25, 0.3) is 0 Å². The lowest BCUT2D eigenvalue weighted by Gasteiger charge is -2.09. The van der Waals surface area contributed by atoms with Crippen molar-refractivity contribution >= 4 is 11.7 Å². The minimum atomic E-state index is -0.228. The number of rotatable bonds is 5. The Kier molecular flexibility index (Phi) is 5.28. The minimum absolute atomic E-state index is 0.228. The standard InChI is InChI=1S/C11H17N3O2/c1-3-16-7-6-13-11(15)14-10-4-5-12-8-9(10)2/h4-5,8H,3,6-7H2,1-2H3,(H2,12,13,14,15). The summed E-state index contributed by atoms with van der Waals surface area (Å²) in [6.45, 7) is 5.50. The van der Waals surface area contributed by atoms with Crippen molar-refractivity contribution < 1.29 is 9.53 Å². The summed E-state index contributed by atoms with van der Waals surface area (Å²) in [6.07, 6.45) is 3.35. The smallest absolute Gasteiger partial charge is 0.319 e. The van der Waals surface area contributed by atoms with E-state index >= 15 is 0 Å². The van der Waals surface area contributed by atoms with E-state index in [4.69, 9.17) is 4.74 Å². The molecule has 0 aliphatic carbocycles. The lowest BCUT2D eigenvalue weighted by atomic mass is 10.2. The summed E-state index contributed by atoms with van der Waals surface area (Å²) in [4.78, 5) is 15.4. The summed E-state index contributed by atoms with van der Waals surface area (Å²) >= 11 is 0. The van der Waals surface area contributed by atoms with Crippen LogP contribution in [-0.2, 0) is 4.74 Å². The van der Waals surface area contributed by atoms with Gasteiger partial charge in [0.2, 0.25) is 0 Å². The van der Waals surface area contributed by atoms with Gasteiger partial charge in [0.15, 0.2) is 0 Å². The number of urea groups is 1. The fourth-order valence-electron chi connectivity index (χ4n) is 1.16. The van der Waals surface area contributed by atoms with E-state index in [1.807, 2.05) is 13.8 Å². The Morgan fingerprint density at radius 3 is 3.06 bits per heavy atom. The van der Waals surface area contributed by atoms with Gasteiger partial charge in [-0.25, -0.2) is 4.79 Å². The second kappa shape index (κ2) is 6.79. The molecule has 5 nitrogen and oxygen atoms in total. The Hall–Kier alpha value is -1.62. The largest absolute Gasteiger partial charge is 0.380 e. The molecule has 0 unspecified atom stereocenters.